The standard InChI is InChI=1S/C10H11BrN2S/c1-13(6-4-11)10-8-3-7-14-9(8)2-5-12-10/h2-3,5,7H,4,6H2,1H3. The zero-order valence-corrected chi connectivity index (χ0v) is 10.3. The van der Waals surface area contributed by atoms with Gasteiger partial charge in [-0.1, -0.05) is 15.9 Å². The molecule has 4 heteroatoms. The predicted octanol–water partition coefficient (Wildman–Crippen LogP) is 3.13. The van der Waals surface area contributed by atoms with Crippen LogP contribution in [0.25, 0.3) is 10.1 Å². The first kappa shape index (κ1) is 9.93. The van der Waals surface area contributed by atoms with Gasteiger partial charge in [-0.3, -0.25) is 0 Å². The van der Waals surface area contributed by atoms with Crippen molar-refractivity contribution >= 4 is 43.2 Å². The molecule has 14 heavy (non-hydrogen) atoms. The number of hydrogen-bond donors (Lipinski definition) is 0. The van der Waals surface area contributed by atoms with Gasteiger partial charge in [0.15, 0.2) is 0 Å². The lowest BCUT2D eigenvalue weighted by atomic mass is 10.3. The van der Waals surface area contributed by atoms with Crippen molar-refractivity contribution in [2.75, 3.05) is 23.8 Å². The maximum Gasteiger partial charge on any atom is 0.137 e. The molecule has 2 rings (SSSR count). The van der Waals surface area contributed by atoms with Gasteiger partial charge in [0.25, 0.3) is 0 Å². The number of aromatic nitrogens is 1. The van der Waals surface area contributed by atoms with E-state index in [1.165, 1.54) is 10.1 Å². The zero-order valence-electron chi connectivity index (χ0n) is 7.90. The number of halogens is 1. The molecule has 74 valence electrons. The third-order valence-corrected chi connectivity index (χ3v) is 3.38. The lowest BCUT2D eigenvalue weighted by Gasteiger charge is -2.17. The Morgan fingerprint density at radius 3 is 3.14 bits per heavy atom. The Bertz CT molecular complexity index is 427. The second kappa shape index (κ2) is 4.28. The molecule has 2 aromatic rings. The second-order valence-corrected chi connectivity index (χ2v) is 4.82. The molecule has 0 aliphatic carbocycles. The van der Waals surface area contributed by atoms with E-state index in [0.29, 0.717) is 0 Å². The Hall–Kier alpha value is -0.610. The van der Waals surface area contributed by atoms with Gasteiger partial charge in [-0.25, -0.2) is 4.98 Å². The summed E-state index contributed by atoms with van der Waals surface area (Å²) in [6, 6.07) is 4.19. The highest BCUT2D eigenvalue weighted by Gasteiger charge is 2.06. The molecule has 0 unspecified atom stereocenters. The van der Waals surface area contributed by atoms with E-state index in [-0.39, 0.29) is 0 Å². The van der Waals surface area contributed by atoms with E-state index >= 15 is 0 Å². The number of alkyl halides is 1. The summed E-state index contributed by atoms with van der Waals surface area (Å²) in [6.45, 7) is 0.974. The van der Waals surface area contributed by atoms with Gasteiger partial charge in [0, 0.05) is 35.2 Å². The summed E-state index contributed by atoms with van der Waals surface area (Å²) in [4.78, 5) is 6.58. The average molecular weight is 271 g/mol. The minimum atomic E-state index is 0.964. The van der Waals surface area contributed by atoms with Crippen molar-refractivity contribution in [1.82, 2.24) is 4.98 Å². The van der Waals surface area contributed by atoms with Gasteiger partial charge in [-0.2, -0.15) is 0 Å². The van der Waals surface area contributed by atoms with Crippen LogP contribution in [0.2, 0.25) is 0 Å². The third-order valence-electron chi connectivity index (χ3n) is 2.14. The smallest absolute Gasteiger partial charge is 0.137 e. The molecule has 0 aromatic carbocycles. The molecular weight excluding hydrogens is 260 g/mol. The summed E-state index contributed by atoms with van der Waals surface area (Å²) in [6.07, 6.45) is 1.87. The molecule has 0 saturated heterocycles. The van der Waals surface area contributed by atoms with Gasteiger partial charge in [0.1, 0.15) is 5.82 Å². The summed E-state index contributed by atoms with van der Waals surface area (Å²) in [5.74, 6) is 1.07. The van der Waals surface area contributed by atoms with Gasteiger partial charge in [0.2, 0.25) is 0 Å². The molecule has 0 fully saturated rings. The molecule has 0 atom stereocenters. The molecule has 0 spiro atoms. The molecular formula is C10H11BrN2S. The Kier molecular flexibility index (Phi) is 3.03. The van der Waals surface area contributed by atoms with Gasteiger partial charge in [0.05, 0.1) is 0 Å². The van der Waals surface area contributed by atoms with Crippen molar-refractivity contribution < 1.29 is 0 Å². The van der Waals surface area contributed by atoms with E-state index in [1.807, 2.05) is 6.20 Å². The Balaban J connectivity index is 2.45. The van der Waals surface area contributed by atoms with E-state index in [2.05, 4.69) is 50.4 Å². The minimum absolute atomic E-state index is 0.964. The average Bonchev–Trinajstić information content (AvgIpc) is 2.65. The number of nitrogens with zero attached hydrogens (tertiary/aromatic N) is 2. The van der Waals surface area contributed by atoms with Gasteiger partial charge < -0.3 is 4.90 Å². The lowest BCUT2D eigenvalue weighted by Crippen LogP contribution is -2.20. The normalized spacial score (nSPS) is 10.7. The number of fused-ring (bicyclic) bond motifs is 1. The van der Waals surface area contributed by atoms with Crippen molar-refractivity contribution in [3.8, 4) is 0 Å². The highest BCUT2D eigenvalue weighted by molar-refractivity contribution is 9.09. The van der Waals surface area contributed by atoms with Crippen LogP contribution in [0, 0.1) is 0 Å². The highest BCUT2D eigenvalue weighted by Crippen LogP contribution is 2.27. The van der Waals surface area contributed by atoms with Crippen LogP contribution in [0.3, 0.4) is 0 Å². The topological polar surface area (TPSA) is 16.1 Å². The summed E-state index contributed by atoms with van der Waals surface area (Å²) in [7, 11) is 2.07. The molecule has 0 amide bonds. The Morgan fingerprint density at radius 2 is 2.36 bits per heavy atom. The van der Waals surface area contributed by atoms with Crippen LogP contribution in [-0.2, 0) is 0 Å². The molecule has 2 heterocycles. The number of anilines is 1. The van der Waals surface area contributed by atoms with Crippen molar-refractivity contribution in [2.24, 2.45) is 0 Å². The highest BCUT2D eigenvalue weighted by atomic mass is 79.9. The summed E-state index contributed by atoms with van der Waals surface area (Å²) in [5.41, 5.74) is 0. The van der Waals surface area contributed by atoms with Crippen molar-refractivity contribution in [3.63, 3.8) is 0 Å². The van der Waals surface area contributed by atoms with Crippen LogP contribution < -0.4 is 4.90 Å². The van der Waals surface area contributed by atoms with Crippen LogP contribution in [0.15, 0.2) is 23.7 Å². The van der Waals surface area contributed by atoms with Crippen LogP contribution >= 0.6 is 27.3 Å². The third kappa shape index (κ3) is 1.77. The molecule has 0 radical (unpaired) electrons. The van der Waals surface area contributed by atoms with Crippen molar-refractivity contribution in [1.29, 1.82) is 0 Å². The SMILES string of the molecule is CN(CCBr)c1nccc2sccc12. The van der Waals surface area contributed by atoms with E-state index in [0.717, 1.165) is 17.7 Å². The van der Waals surface area contributed by atoms with E-state index in [1.54, 1.807) is 11.3 Å². The van der Waals surface area contributed by atoms with Gasteiger partial charge >= 0.3 is 0 Å². The number of thiophene rings is 1. The fourth-order valence-electron chi connectivity index (χ4n) is 1.42. The summed E-state index contributed by atoms with van der Waals surface area (Å²) < 4.78 is 1.30. The van der Waals surface area contributed by atoms with E-state index in [4.69, 9.17) is 0 Å². The number of hydrogen-bond acceptors (Lipinski definition) is 3. The van der Waals surface area contributed by atoms with Gasteiger partial charge in [-0.05, 0) is 17.5 Å². The van der Waals surface area contributed by atoms with E-state index < -0.39 is 0 Å². The molecule has 0 aliphatic heterocycles. The van der Waals surface area contributed by atoms with Crippen molar-refractivity contribution in [3.05, 3.63) is 23.7 Å². The monoisotopic (exact) mass is 270 g/mol. The van der Waals surface area contributed by atoms with Crippen LogP contribution in [0.1, 0.15) is 0 Å². The van der Waals surface area contributed by atoms with Crippen LogP contribution in [0.4, 0.5) is 5.82 Å². The number of pyridine rings is 1. The van der Waals surface area contributed by atoms with Crippen LogP contribution in [0.5, 0.6) is 0 Å². The largest absolute Gasteiger partial charge is 0.358 e. The molecule has 2 nitrogen and oxygen atoms in total. The first-order chi connectivity index (χ1) is 6.83. The lowest BCUT2D eigenvalue weighted by molar-refractivity contribution is 0.959. The van der Waals surface area contributed by atoms with Gasteiger partial charge in [-0.15, -0.1) is 11.3 Å². The second-order valence-electron chi connectivity index (χ2n) is 3.08. The first-order valence-electron chi connectivity index (χ1n) is 4.42. The molecule has 0 aliphatic rings. The maximum absolute atomic E-state index is 4.41. The minimum Gasteiger partial charge on any atom is -0.358 e. The molecule has 2 aromatic heterocycles. The maximum atomic E-state index is 4.41. The number of rotatable bonds is 3. The quantitative estimate of drug-likeness (QED) is 0.797. The Morgan fingerprint density at radius 1 is 1.50 bits per heavy atom. The fraction of sp³-hybridized carbons (Fsp3) is 0.300. The molecule has 0 N–H and O–H groups in total. The summed E-state index contributed by atoms with van der Waals surface area (Å²) >= 11 is 5.19. The van der Waals surface area contributed by atoms with E-state index in [9.17, 15) is 0 Å². The predicted molar refractivity (Wildman–Crippen MR) is 66.7 cm³/mol. The zero-order chi connectivity index (χ0) is 9.97. The first-order valence-corrected chi connectivity index (χ1v) is 6.42. The Labute approximate surface area is 95.7 Å². The van der Waals surface area contributed by atoms with Crippen molar-refractivity contribution in [2.45, 2.75) is 0 Å². The molecule has 0 bridgehead atoms. The summed E-state index contributed by atoms with van der Waals surface area (Å²) in [5, 5.41) is 4.32. The fourth-order valence-corrected chi connectivity index (χ4v) is 2.73. The molecule has 0 saturated carbocycles. The van der Waals surface area contributed by atoms with Crippen LogP contribution in [-0.4, -0.2) is 23.9 Å².